The summed E-state index contributed by atoms with van der Waals surface area (Å²) >= 11 is 0. The molecule has 1 fully saturated rings. The molecule has 1 rings (SSSR count). The van der Waals surface area contributed by atoms with E-state index in [4.69, 9.17) is 0 Å². The van der Waals surface area contributed by atoms with Gasteiger partial charge in [-0.1, -0.05) is 83.1 Å². The minimum atomic E-state index is 0.375. The van der Waals surface area contributed by atoms with Crippen LogP contribution in [0.4, 0.5) is 0 Å². The van der Waals surface area contributed by atoms with Gasteiger partial charge >= 0.3 is 0 Å². The summed E-state index contributed by atoms with van der Waals surface area (Å²) in [5.41, 5.74) is 1.60. The molecule has 0 N–H and O–H groups in total. The lowest BCUT2D eigenvalue weighted by molar-refractivity contribution is -0.0220. The highest BCUT2D eigenvalue weighted by Crippen LogP contribution is 2.70. The van der Waals surface area contributed by atoms with Crippen LogP contribution in [0.1, 0.15) is 89.5 Å². The minimum absolute atomic E-state index is 0.375. The second-order valence-corrected chi connectivity index (χ2v) is 10.5. The van der Waals surface area contributed by atoms with Crippen LogP contribution in [0.25, 0.3) is 0 Å². The molecule has 0 aliphatic heterocycles. The molecule has 0 nitrogen and oxygen atoms in total. The Morgan fingerprint density at radius 2 is 1.29 bits per heavy atom. The van der Waals surface area contributed by atoms with Gasteiger partial charge in [0.1, 0.15) is 0 Å². The zero-order chi connectivity index (χ0) is 17.0. The van der Waals surface area contributed by atoms with E-state index in [2.05, 4.69) is 83.1 Å². The molecule has 3 unspecified atom stereocenters. The van der Waals surface area contributed by atoms with Gasteiger partial charge in [0.15, 0.2) is 0 Å². The Balaban J connectivity index is 3.29. The zero-order valence-corrected chi connectivity index (χ0v) is 17.0. The summed E-state index contributed by atoms with van der Waals surface area (Å²) < 4.78 is 0. The fourth-order valence-electron chi connectivity index (χ4n) is 4.97. The van der Waals surface area contributed by atoms with E-state index in [0.717, 1.165) is 23.7 Å². The predicted molar refractivity (Wildman–Crippen MR) is 96.4 cm³/mol. The van der Waals surface area contributed by atoms with Crippen molar-refractivity contribution in [3.8, 4) is 0 Å². The van der Waals surface area contributed by atoms with E-state index in [1.807, 2.05) is 0 Å². The fourth-order valence-corrected chi connectivity index (χ4v) is 4.97. The van der Waals surface area contributed by atoms with Gasteiger partial charge in [0.2, 0.25) is 0 Å². The Hall–Kier alpha value is 0. The topological polar surface area (TPSA) is 0 Å². The highest BCUT2D eigenvalue weighted by molar-refractivity contribution is 5.11. The summed E-state index contributed by atoms with van der Waals surface area (Å²) in [5.74, 6) is 3.04. The van der Waals surface area contributed by atoms with Crippen LogP contribution in [0.15, 0.2) is 0 Å². The van der Waals surface area contributed by atoms with Crippen molar-refractivity contribution in [2.24, 2.45) is 45.3 Å². The summed E-state index contributed by atoms with van der Waals surface area (Å²) in [4.78, 5) is 0. The van der Waals surface area contributed by atoms with Crippen LogP contribution in [0, 0.1) is 45.3 Å². The third kappa shape index (κ3) is 2.49. The monoisotopic (exact) mass is 294 g/mol. The van der Waals surface area contributed by atoms with Crippen molar-refractivity contribution in [2.45, 2.75) is 89.5 Å². The number of hydrogen-bond donors (Lipinski definition) is 0. The van der Waals surface area contributed by atoms with E-state index in [0.29, 0.717) is 21.7 Å². The van der Waals surface area contributed by atoms with Crippen LogP contribution in [-0.2, 0) is 0 Å². The van der Waals surface area contributed by atoms with Crippen molar-refractivity contribution in [3.05, 3.63) is 0 Å². The van der Waals surface area contributed by atoms with Crippen molar-refractivity contribution >= 4 is 0 Å². The molecule has 0 heteroatoms. The third-order valence-electron chi connectivity index (χ3n) is 9.15. The molecule has 1 aliphatic rings. The molecular weight excluding hydrogens is 252 g/mol. The van der Waals surface area contributed by atoms with E-state index in [1.165, 1.54) is 6.42 Å². The first-order chi connectivity index (χ1) is 9.14. The average Bonchev–Trinajstić information content (AvgIpc) is 2.46. The van der Waals surface area contributed by atoms with Gasteiger partial charge in [-0.3, -0.25) is 0 Å². The highest BCUT2D eigenvalue weighted by atomic mass is 14.7. The van der Waals surface area contributed by atoms with E-state index < -0.39 is 0 Å². The Bertz CT molecular complexity index is 367. The molecule has 0 amide bonds. The lowest BCUT2D eigenvalue weighted by Crippen LogP contribution is -2.44. The highest BCUT2D eigenvalue weighted by Gasteiger charge is 2.63. The minimum Gasteiger partial charge on any atom is -0.0623 e. The standard InChI is InChI=1S/C21H42/c1-14(2)18(6,7)16(5)17-13-21(12,15(3)4)20(10,11)19(17,8)9/h14-17H,13H2,1-12H3. The van der Waals surface area contributed by atoms with Crippen molar-refractivity contribution in [2.75, 3.05) is 0 Å². The van der Waals surface area contributed by atoms with E-state index in [-0.39, 0.29) is 0 Å². The number of rotatable bonds is 4. The van der Waals surface area contributed by atoms with E-state index in [9.17, 15) is 0 Å². The van der Waals surface area contributed by atoms with E-state index >= 15 is 0 Å². The summed E-state index contributed by atoms with van der Waals surface area (Å²) in [6, 6.07) is 0. The maximum atomic E-state index is 2.55. The quantitative estimate of drug-likeness (QED) is 0.521. The second-order valence-electron chi connectivity index (χ2n) is 10.5. The first-order valence-electron chi connectivity index (χ1n) is 9.14. The maximum absolute atomic E-state index is 2.55. The SMILES string of the molecule is CC(C)C(C)(C)C(C)C1CC(C)(C(C)C)C(C)(C)C1(C)C. The molecule has 0 spiro atoms. The zero-order valence-electron chi connectivity index (χ0n) is 17.0. The third-order valence-corrected chi connectivity index (χ3v) is 9.15. The molecule has 0 radical (unpaired) electrons. The molecule has 0 saturated heterocycles. The van der Waals surface area contributed by atoms with Gasteiger partial charge in [0.05, 0.1) is 0 Å². The first kappa shape index (κ1) is 19.0. The Morgan fingerprint density at radius 1 is 0.857 bits per heavy atom. The molecule has 21 heavy (non-hydrogen) atoms. The smallest absolute Gasteiger partial charge is 0.0243 e. The maximum Gasteiger partial charge on any atom is -0.0243 e. The van der Waals surface area contributed by atoms with Crippen molar-refractivity contribution in [3.63, 3.8) is 0 Å². The molecule has 0 aromatic rings. The summed E-state index contributed by atoms with van der Waals surface area (Å²) in [7, 11) is 0. The summed E-state index contributed by atoms with van der Waals surface area (Å²) in [5, 5.41) is 0. The molecule has 1 saturated carbocycles. The lowest BCUT2D eigenvalue weighted by atomic mass is 9.54. The van der Waals surface area contributed by atoms with Gasteiger partial charge in [0, 0.05) is 0 Å². The molecule has 0 heterocycles. The Kier molecular flexibility index (Phi) is 4.78. The van der Waals surface area contributed by atoms with Crippen molar-refractivity contribution < 1.29 is 0 Å². The van der Waals surface area contributed by atoms with Gasteiger partial charge in [-0.05, 0) is 51.8 Å². The van der Waals surface area contributed by atoms with Crippen molar-refractivity contribution in [1.29, 1.82) is 0 Å². The largest absolute Gasteiger partial charge is 0.0623 e. The molecule has 0 aromatic heterocycles. The Morgan fingerprint density at radius 3 is 1.57 bits per heavy atom. The normalized spacial score (nSPS) is 33.7. The first-order valence-corrected chi connectivity index (χ1v) is 9.14. The average molecular weight is 295 g/mol. The molecule has 126 valence electrons. The van der Waals surface area contributed by atoms with E-state index in [1.54, 1.807) is 0 Å². The lowest BCUT2D eigenvalue weighted by Gasteiger charge is -2.50. The molecule has 3 atom stereocenters. The van der Waals surface area contributed by atoms with Crippen LogP contribution in [0.3, 0.4) is 0 Å². The fraction of sp³-hybridized carbons (Fsp3) is 1.00. The summed E-state index contributed by atoms with van der Waals surface area (Å²) in [6.07, 6.45) is 1.38. The second kappa shape index (κ2) is 5.27. The molecule has 0 aromatic carbocycles. The van der Waals surface area contributed by atoms with Crippen LogP contribution in [0.2, 0.25) is 0 Å². The van der Waals surface area contributed by atoms with Crippen LogP contribution >= 0.6 is 0 Å². The van der Waals surface area contributed by atoms with Gasteiger partial charge in [0.25, 0.3) is 0 Å². The molecule has 1 aliphatic carbocycles. The number of hydrogen-bond acceptors (Lipinski definition) is 0. The van der Waals surface area contributed by atoms with Gasteiger partial charge in [-0.15, -0.1) is 0 Å². The van der Waals surface area contributed by atoms with Gasteiger partial charge in [-0.25, -0.2) is 0 Å². The van der Waals surface area contributed by atoms with Crippen molar-refractivity contribution in [1.82, 2.24) is 0 Å². The molecule has 0 bridgehead atoms. The predicted octanol–water partition coefficient (Wildman–Crippen LogP) is 7.04. The van der Waals surface area contributed by atoms with Crippen LogP contribution < -0.4 is 0 Å². The van der Waals surface area contributed by atoms with Gasteiger partial charge in [-0.2, -0.15) is 0 Å². The Labute approximate surface area is 135 Å². The summed E-state index contributed by atoms with van der Waals surface area (Å²) in [6.45, 7) is 29.8. The molecular formula is C21H42. The van der Waals surface area contributed by atoms with Crippen LogP contribution in [-0.4, -0.2) is 0 Å². The van der Waals surface area contributed by atoms with Gasteiger partial charge < -0.3 is 0 Å². The van der Waals surface area contributed by atoms with Crippen LogP contribution in [0.5, 0.6) is 0 Å².